The summed E-state index contributed by atoms with van der Waals surface area (Å²) < 4.78 is 23.5. The van der Waals surface area contributed by atoms with Gasteiger partial charge in [-0.3, -0.25) is 0 Å². The van der Waals surface area contributed by atoms with E-state index in [1.807, 2.05) is 50.1 Å². The average molecular weight is 381 g/mol. The monoisotopic (exact) mass is 380 g/mol. The topological polar surface area (TPSA) is 75.2 Å². The zero-order valence-corrected chi connectivity index (χ0v) is 16.0. The first kappa shape index (κ1) is 17.9. The van der Waals surface area contributed by atoms with Gasteiger partial charge in [0, 0.05) is 35.6 Å². The summed E-state index contributed by atoms with van der Waals surface area (Å²) in [7, 11) is -1.07. The number of rotatable bonds is 4. The maximum absolute atomic E-state index is 11.7. The van der Waals surface area contributed by atoms with Crippen LogP contribution in [0.25, 0.3) is 0 Å². The van der Waals surface area contributed by atoms with Crippen LogP contribution >= 0.6 is 11.6 Å². The number of aromatic nitrogens is 2. The molecule has 6 nitrogen and oxygen atoms in total. The summed E-state index contributed by atoms with van der Waals surface area (Å²) in [6.07, 6.45) is 0.623. The molecule has 0 amide bonds. The molecule has 1 aromatic carbocycles. The lowest BCUT2D eigenvalue weighted by Gasteiger charge is -2.25. The Morgan fingerprint density at radius 1 is 1.28 bits per heavy atom. The van der Waals surface area contributed by atoms with E-state index in [9.17, 15) is 8.42 Å². The van der Waals surface area contributed by atoms with Crippen LogP contribution in [0.4, 0.5) is 17.5 Å². The van der Waals surface area contributed by atoms with Crippen molar-refractivity contribution in [3.8, 4) is 0 Å². The molecule has 25 heavy (non-hydrogen) atoms. The van der Waals surface area contributed by atoms with Crippen molar-refractivity contribution in [2.75, 3.05) is 28.8 Å². The molecule has 1 aliphatic heterocycles. The lowest BCUT2D eigenvalue weighted by molar-refractivity contribution is 0.600. The highest BCUT2D eigenvalue weighted by Gasteiger charge is 2.31. The molecule has 2 heterocycles. The summed E-state index contributed by atoms with van der Waals surface area (Å²) in [5, 5.41) is 3.88. The Labute approximate surface area is 153 Å². The quantitative estimate of drug-likeness (QED) is 0.878. The summed E-state index contributed by atoms with van der Waals surface area (Å²) in [5.41, 5.74) is 2.57. The predicted octanol–water partition coefficient (Wildman–Crippen LogP) is 3.11. The van der Waals surface area contributed by atoms with Crippen molar-refractivity contribution in [1.29, 1.82) is 0 Å². The van der Waals surface area contributed by atoms with Gasteiger partial charge in [0.2, 0.25) is 5.95 Å². The third-order valence-electron chi connectivity index (χ3n) is 4.47. The summed E-state index contributed by atoms with van der Waals surface area (Å²) in [4.78, 5) is 10.9. The lowest BCUT2D eigenvalue weighted by atomic mass is 10.2. The standard InChI is InChI=1S/C17H21ClN4O2S/c1-11-9-16(22(3)13-7-8-25(23,24)10-13)21-17(19-11)20-15-6-4-5-14(18)12(15)2/h4-6,9,13H,7-8,10H2,1-3H3,(H,19,20,21). The first-order chi connectivity index (χ1) is 11.7. The van der Waals surface area contributed by atoms with Gasteiger partial charge < -0.3 is 10.2 Å². The molecule has 0 bridgehead atoms. The van der Waals surface area contributed by atoms with E-state index in [1.165, 1.54) is 0 Å². The molecule has 1 fully saturated rings. The fraction of sp³-hybridized carbons (Fsp3) is 0.412. The molecular weight excluding hydrogens is 360 g/mol. The second-order valence-corrected chi connectivity index (χ2v) is 9.03. The molecule has 0 aliphatic carbocycles. The number of nitrogens with one attached hydrogen (secondary N) is 1. The molecule has 134 valence electrons. The van der Waals surface area contributed by atoms with Crippen molar-refractivity contribution >= 4 is 38.9 Å². The van der Waals surface area contributed by atoms with Gasteiger partial charge in [0.15, 0.2) is 9.84 Å². The SMILES string of the molecule is Cc1cc(N(C)C2CCS(=O)(=O)C2)nc(Nc2cccc(Cl)c2C)n1. The van der Waals surface area contributed by atoms with Gasteiger partial charge in [-0.1, -0.05) is 17.7 Å². The summed E-state index contributed by atoms with van der Waals surface area (Å²) in [6, 6.07) is 7.42. The molecule has 0 spiro atoms. The number of halogens is 1. The molecule has 0 radical (unpaired) electrons. The number of nitrogens with zero attached hydrogens (tertiary/aromatic N) is 3. The van der Waals surface area contributed by atoms with Crippen molar-refractivity contribution in [2.24, 2.45) is 0 Å². The Morgan fingerprint density at radius 2 is 2.04 bits per heavy atom. The Hall–Kier alpha value is -1.86. The molecule has 1 N–H and O–H groups in total. The van der Waals surface area contributed by atoms with E-state index in [-0.39, 0.29) is 17.5 Å². The van der Waals surface area contributed by atoms with Crippen LogP contribution in [-0.2, 0) is 9.84 Å². The Balaban J connectivity index is 1.87. The summed E-state index contributed by atoms with van der Waals surface area (Å²) >= 11 is 6.16. The third kappa shape index (κ3) is 4.04. The smallest absolute Gasteiger partial charge is 0.229 e. The molecule has 8 heteroatoms. The highest BCUT2D eigenvalue weighted by molar-refractivity contribution is 7.91. The first-order valence-electron chi connectivity index (χ1n) is 8.06. The average Bonchev–Trinajstić information content (AvgIpc) is 2.90. The van der Waals surface area contributed by atoms with E-state index in [0.29, 0.717) is 23.2 Å². The van der Waals surface area contributed by atoms with Gasteiger partial charge in [0.05, 0.1) is 11.5 Å². The van der Waals surface area contributed by atoms with Crippen molar-refractivity contribution < 1.29 is 8.42 Å². The molecule has 1 aromatic heterocycles. The van der Waals surface area contributed by atoms with Crippen molar-refractivity contribution in [3.63, 3.8) is 0 Å². The third-order valence-corrected chi connectivity index (χ3v) is 6.63. The van der Waals surface area contributed by atoms with Crippen LogP contribution in [0, 0.1) is 13.8 Å². The maximum Gasteiger partial charge on any atom is 0.229 e. The molecule has 0 saturated carbocycles. The van der Waals surface area contributed by atoms with Crippen LogP contribution < -0.4 is 10.2 Å². The maximum atomic E-state index is 11.7. The Morgan fingerprint density at radius 3 is 2.72 bits per heavy atom. The van der Waals surface area contributed by atoms with Crippen LogP contribution in [0.2, 0.25) is 5.02 Å². The molecule has 3 rings (SSSR count). The van der Waals surface area contributed by atoms with E-state index < -0.39 is 9.84 Å². The van der Waals surface area contributed by atoms with Crippen molar-refractivity contribution in [2.45, 2.75) is 26.3 Å². The zero-order chi connectivity index (χ0) is 18.2. The van der Waals surface area contributed by atoms with Gasteiger partial charge in [-0.05, 0) is 38.0 Å². The molecular formula is C17H21ClN4O2S. The second-order valence-electron chi connectivity index (χ2n) is 6.40. The molecule has 1 saturated heterocycles. The number of hydrogen-bond acceptors (Lipinski definition) is 6. The van der Waals surface area contributed by atoms with Gasteiger partial charge in [-0.15, -0.1) is 0 Å². The Kier molecular flexibility index (Phi) is 4.88. The minimum atomic E-state index is -2.94. The number of benzene rings is 1. The van der Waals surface area contributed by atoms with Crippen molar-refractivity contribution in [3.05, 3.63) is 40.5 Å². The minimum Gasteiger partial charge on any atom is -0.355 e. The first-order valence-corrected chi connectivity index (χ1v) is 10.3. The fourth-order valence-electron chi connectivity index (χ4n) is 2.92. The highest BCUT2D eigenvalue weighted by atomic mass is 35.5. The number of anilines is 3. The normalized spacial score (nSPS) is 19.0. The van der Waals surface area contributed by atoms with Gasteiger partial charge in [-0.25, -0.2) is 13.4 Å². The van der Waals surface area contributed by atoms with Crippen LogP contribution in [-0.4, -0.2) is 43.0 Å². The van der Waals surface area contributed by atoms with E-state index in [4.69, 9.17) is 11.6 Å². The Bertz CT molecular complexity index is 902. The minimum absolute atomic E-state index is 0.0555. The lowest BCUT2D eigenvalue weighted by Crippen LogP contribution is -2.33. The van der Waals surface area contributed by atoms with Gasteiger partial charge in [0.25, 0.3) is 0 Å². The largest absolute Gasteiger partial charge is 0.355 e. The highest BCUT2D eigenvalue weighted by Crippen LogP contribution is 2.27. The van der Waals surface area contributed by atoms with E-state index in [2.05, 4.69) is 15.3 Å². The van der Waals surface area contributed by atoms with Gasteiger partial charge in [-0.2, -0.15) is 4.98 Å². The molecule has 1 aliphatic rings. The fourth-order valence-corrected chi connectivity index (χ4v) is 4.87. The van der Waals surface area contributed by atoms with Crippen LogP contribution in [0.1, 0.15) is 17.7 Å². The number of sulfone groups is 1. The van der Waals surface area contributed by atoms with Crippen LogP contribution in [0.3, 0.4) is 0 Å². The predicted molar refractivity (Wildman–Crippen MR) is 102 cm³/mol. The molecule has 1 unspecified atom stereocenters. The molecule has 1 atom stereocenters. The zero-order valence-electron chi connectivity index (χ0n) is 14.5. The number of aryl methyl sites for hydroxylation is 1. The van der Waals surface area contributed by atoms with Crippen molar-refractivity contribution in [1.82, 2.24) is 9.97 Å². The summed E-state index contributed by atoms with van der Waals surface area (Å²) in [6.45, 7) is 3.82. The molecule has 2 aromatic rings. The van der Waals surface area contributed by atoms with E-state index in [1.54, 1.807) is 0 Å². The second kappa shape index (κ2) is 6.80. The van der Waals surface area contributed by atoms with Crippen LogP contribution in [0.5, 0.6) is 0 Å². The van der Waals surface area contributed by atoms with E-state index in [0.717, 1.165) is 16.9 Å². The number of hydrogen-bond donors (Lipinski definition) is 1. The van der Waals surface area contributed by atoms with Gasteiger partial charge in [0.1, 0.15) is 5.82 Å². The van der Waals surface area contributed by atoms with E-state index >= 15 is 0 Å². The van der Waals surface area contributed by atoms with Gasteiger partial charge >= 0.3 is 0 Å². The van der Waals surface area contributed by atoms with Crippen LogP contribution in [0.15, 0.2) is 24.3 Å². The summed E-state index contributed by atoms with van der Waals surface area (Å²) in [5.74, 6) is 1.58.